The minimum Gasteiger partial charge on any atom is -0.385 e. The second-order valence-corrected chi connectivity index (χ2v) is 7.40. The molecule has 6 nitrogen and oxygen atoms in total. The largest absolute Gasteiger partial charge is 0.385 e. The predicted molar refractivity (Wildman–Crippen MR) is 98.7 cm³/mol. The Hall–Kier alpha value is -1.95. The van der Waals surface area contributed by atoms with Gasteiger partial charge in [0.2, 0.25) is 5.91 Å². The van der Waals surface area contributed by atoms with Gasteiger partial charge in [-0.25, -0.2) is 0 Å². The predicted octanol–water partition coefficient (Wildman–Crippen LogP) is 2.35. The molecule has 3 fully saturated rings. The molecule has 3 aliphatic heterocycles. The molecule has 0 spiro atoms. The number of hydrogen-bond donors (Lipinski definition) is 0. The Balaban J connectivity index is 1.57. The fraction of sp³-hybridized carbons (Fsp3) is 0.650. The van der Waals surface area contributed by atoms with E-state index in [1.54, 1.807) is 25.6 Å². The molecule has 3 aliphatic rings. The first-order valence-electron chi connectivity index (χ1n) is 9.66. The summed E-state index contributed by atoms with van der Waals surface area (Å²) < 4.78 is 5.06. The van der Waals surface area contributed by atoms with Crippen LogP contribution >= 0.6 is 0 Å². The highest BCUT2D eigenvalue weighted by molar-refractivity contribution is 5.94. The van der Waals surface area contributed by atoms with Crippen LogP contribution in [-0.2, 0) is 9.53 Å². The molecule has 3 saturated heterocycles. The zero-order chi connectivity index (χ0) is 18.4. The molecule has 0 N–H and O–H groups in total. The molecule has 0 unspecified atom stereocenters. The monoisotopic (exact) mass is 359 g/mol. The van der Waals surface area contributed by atoms with Crippen molar-refractivity contribution in [2.45, 2.75) is 44.6 Å². The summed E-state index contributed by atoms with van der Waals surface area (Å²) >= 11 is 0. The lowest BCUT2D eigenvalue weighted by Gasteiger charge is -2.36. The fourth-order valence-corrected chi connectivity index (χ4v) is 4.07. The molecule has 1 aromatic rings. The molecular formula is C20H29N3O3. The van der Waals surface area contributed by atoms with Gasteiger partial charge in [0, 0.05) is 58.2 Å². The summed E-state index contributed by atoms with van der Waals surface area (Å²) in [5.41, 5.74) is 0.629. The van der Waals surface area contributed by atoms with Crippen LogP contribution in [0.4, 0.5) is 0 Å². The lowest BCUT2D eigenvalue weighted by Crippen LogP contribution is -2.47. The van der Waals surface area contributed by atoms with E-state index in [1.165, 1.54) is 0 Å². The summed E-state index contributed by atoms with van der Waals surface area (Å²) in [4.78, 5) is 33.5. The number of carbonyl (C=O) groups is 2. The number of nitrogens with zero attached hydrogens (tertiary/aromatic N) is 3. The van der Waals surface area contributed by atoms with Gasteiger partial charge in [0.25, 0.3) is 5.91 Å². The number of fused-ring (bicyclic) bond motifs is 4. The summed E-state index contributed by atoms with van der Waals surface area (Å²) in [6.45, 7) is 2.92. The third kappa shape index (κ3) is 4.61. The highest BCUT2D eigenvalue weighted by atomic mass is 16.5. The highest BCUT2D eigenvalue weighted by Crippen LogP contribution is 2.29. The Morgan fingerprint density at radius 3 is 2.85 bits per heavy atom. The maximum Gasteiger partial charge on any atom is 0.255 e. The summed E-state index contributed by atoms with van der Waals surface area (Å²) in [6, 6.07) is 3.75. The molecule has 0 aromatic carbocycles. The quantitative estimate of drug-likeness (QED) is 0.701. The summed E-state index contributed by atoms with van der Waals surface area (Å²) in [5.74, 6) is 0.656. The molecule has 0 aliphatic carbocycles. The second-order valence-electron chi connectivity index (χ2n) is 7.40. The van der Waals surface area contributed by atoms with Crippen molar-refractivity contribution in [3.8, 4) is 0 Å². The van der Waals surface area contributed by atoms with E-state index in [2.05, 4.69) is 4.98 Å². The van der Waals surface area contributed by atoms with Crippen LogP contribution in [0.15, 0.2) is 24.5 Å². The molecule has 1 aromatic heterocycles. The van der Waals surface area contributed by atoms with E-state index >= 15 is 0 Å². The number of piperidine rings is 1. The van der Waals surface area contributed by atoms with Crippen molar-refractivity contribution in [1.29, 1.82) is 0 Å². The molecular weight excluding hydrogens is 330 g/mol. The van der Waals surface area contributed by atoms with Crippen LogP contribution < -0.4 is 0 Å². The van der Waals surface area contributed by atoms with Crippen molar-refractivity contribution in [3.05, 3.63) is 30.1 Å². The van der Waals surface area contributed by atoms with Gasteiger partial charge in [-0.2, -0.15) is 0 Å². The van der Waals surface area contributed by atoms with Crippen molar-refractivity contribution in [1.82, 2.24) is 14.8 Å². The molecule has 2 atom stereocenters. The standard InChI is InChI=1S/C20H29N3O3/c1-26-11-4-2-3-7-19(24)23-14-16-8-9-18(23)15-22(13-16)20(25)17-6-5-10-21-12-17/h5-6,10,12,16,18H,2-4,7-9,11,13-15H2,1H3/t16-,18+/m0/s1. The topological polar surface area (TPSA) is 62.7 Å². The van der Waals surface area contributed by atoms with E-state index in [-0.39, 0.29) is 17.9 Å². The third-order valence-electron chi connectivity index (χ3n) is 5.47. The maximum absolute atomic E-state index is 12.8. The van der Waals surface area contributed by atoms with E-state index in [0.29, 0.717) is 24.4 Å². The van der Waals surface area contributed by atoms with Crippen molar-refractivity contribution >= 4 is 11.8 Å². The van der Waals surface area contributed by atoms with Gasteiger partial charge < -0.3 is 14.5 Å². The number of rotatable bonds is 7. The van der Waals surface area contributed by atoms with Crippen molar-refractivity contribution < 1.29 is 14.3 Å². The molecule has 4 rings (SSSR count). The first-order valence-corrected chi connectivity index (χ1v) is 9.66. The smallest absolute Gasteiger partial charge is 0.255 e. The number of hydrogen-bond acceptors (Lipinski definition) is 4. The van der Waals surface area contributed by atoms with Gasteiger partial charge in [-0.3, -0.25) is 14.6 Å². The van der Waals surface area contributed by atoms with Gasteiger partial charge in [-0.15, -0.1) is 0 Å². The van der Waals surface area contributed by atoms with Crippen LogP contribution in [0.2, 0.25) is 0 Å². The van der Waals surface area contributed by atoms with Crippen molar-refractivity contribution in [2.24, 2.45) is 5.92 Å². The van der Waals surface area contributed by atoms with Crippen molar-refractivity contribution in [3.63, 3.8) is 0 Å². The number of methoxy groups -OCH3 is 1. The van der Waals surface area contributed by atoms with Gasteiger partial charge in [0.05, 0.1) is 5.56 Å². The van der Waals surface area contributed by atoms with Crippen LogP contribution in [0.25, 0.3) is 0 Å². The summed E-state index contributed by atoms with van der Waals surface area (Å²) in [6.07, 6.45) is 8.93. The molecule has 0 radical (unpaired) electrons. The zero-order valence-corrected chi connectivity index (χ0v) is 15.6. The number of pyridine rings is 1. The van der Waals surface area contributed by atoms with Crippen LogP contribution in [-0.4, -0.2) is 66.0 Å². The van der Waals surface area contributed by atoms with Gasteiger partial charge in [0.1, 0.15) is 0 Å². The Morgan fingerprint density at radius 2 is 2.08 bits per heavy atom. The summed E-state index contributed by atoms with van der Waals surface area (Å²) in [7, 11) is 1.71. The number of carbonyl (C=O) groups excluding carboxylic acids is 2. The van der Waals surface area contributed by atoms with Crippen LogP contribution in [0.5, 0.6) is 0 Å². The lowest BCUT2D eigenvalue weighted by atomic mass is 9.94. The minimum absolute atomic E-state index is 0.0314. The molecule has 142 valence electrons. The Labute approximate surface area is 155 Å². The average Bonchev–Trinajstić information content (AvgIpc) is 3.00. The SMILES string of the molecule is COCCCCCC(=O)N1C[C@H]2CC[C@@H]1CN(C(=O)c1cccnc1)C2. The molecule has 0 saturated carbocycles. The molecule has 4 heterocycles. The Morgan fingerprint density at radius 1 is 1.19 bits per heavy atom. The average molecular weight is 359 g/mol. The van der Waals surface area contributed by atoms with Crippen LogP contribution in [0.1, 0.15) is 48.9 Å². The minimum atomic E-state index is 0.0314. The number of amides is 2. The molecule has 2 amide bonds. The lowest BCUT2D eigenvalue weighted by molar-refractivity contribution is -0.135. The first-order chi connectivity index (χ1) is 12.7. The molecule has 2 bridgehead atoms. The third-order valence-corrected chi connectivity index (χ3v) is 5.47. The van der Waals surface area contributed by atoms with Crippen molar-refractivity contribution in [2.75, 3.05) is 33.4 Å². The number of aromatic nitrogens is 1. The normalized spacial score (nSPS) is 22.3. The van der Waals surface area contributed by atoms with Crippen LogP contribution in [0, 0.1) is 5.92 Å². The van der Waals surface area contributed by atoms with Crippen LogP contribution in [0.3, 0.4) is 0 Å². The van der Waals surface area contributed by atoms with E-state index in [1.807, 2.05) is 15.9 Å². The molecule has 26 heavy (non-hydrogen) atoms. The second kappa shape index (κ2) is 9.12. The Kier molecular flexibility index (Phi) is 6.61. The van der Waals surface area contributed by atoms with Gasteiger partial charge >= 0.3 is 0 Å². The van der Waals surface area contributed by atoms with E-state index < -0.39 is 0 Å². The number of ether oxygens (including phenoxy) is 1. The maximum atomic E-state index is 12.8. The van der Waals surface area contributed by atoms with E-state index in [0.717, 1.165) is 51.8 Å². The Bertz CT molecular complexity index is 608. The van der Waals surface area contributed by atoms with Gasteiger partial charge in [-0.05, 0) is 43.7 Å². The van der Waals surface area contributed by atoms with E-state index in [4.69, 9.17) is 4.74 Å². The fourth-order valence-electron chi connectivity index (χ4n) is 4.07. The first kappa shape index (κ1) is 18.8. The zero-order valence-electron chi connectivity index (χ0n) is 15.6. The summed E-state index contributed by atoms with van der Waals surface area (Å²) in [5, 5.41) is 0. The van der Waals surface area contributed by atoms with E-state index in [9.17, 15) is 9.59 Å². The van der Waals surface area contributed by atoms with Gasteiger partial charge in [-0.1, -0.05) is 6.42 Å². The molecule has 6 heteroatoms. The van der Waals surface area contributed by atoms with Gasteiger partial charge in [0.15, 0.2) is 0 Å². The number of unbranched alkanes of at least 4 members (excludes halogenated alkanes) is 2. The highest BCUT2D eigenvalue weighted by Gasteiger charge is 2.38.